The molecule has 6 heteroatoms. The molecule has 3 N–H and O–H groups in total. The lowest BCUT2D eigenvalue weighted by molar-refractivity contribution is 0.0783. The Kier molecular flexibility index (Phi) is 6.49. The molecule has 4 rings (SSSR count). The molecule has 1 fully saturated rings. The molecule has 0 radical (unpaired) electrons. The zero-order chi connectivity index (χ0) is 21.8. The fourth-order valence-corrected chi connectivity index (χ4v) is 4.30. The van der Waals surface area contributed by atoms with Crippen LogP contribution in [-0.4, -0.2) is 45.2 Å². The van der Waals surface area contributed by atoms with Crippen LogP contribution in [0.5, 0.6) is 0 Å². The normalized spacial score (nSPS) is 19.3. The second kappa shape index (κ2) is 9.45. The van der Waals surface area contributed by atoms with Gasteiger partial charge in [0, 0.05) is 30.4 Å². The molecule has 6 nitrogen and oxygen atoms in total. The van der Waals surface area contributed by atoms with Crippen molar-refractivity contribution in [3.8, 4) is 0 Å². The average molecular weight is 419 g/mol. The highest BCUT2D eigenvalue weighted by Crippen LogP contribution is 2.26. The van der Waals surface area contributed by atoms with E-state index < -0.39 is 6.10 Å². The van der Waals surface area contributed by atoms with Crippen LogP contribution in [0.3, 0.4) is 0 Å². The summed E-state index contributed by atoms with van der Waals surface area (Å²) in [7, 11) is 1.79. The number of carbonyl (C=O) groups is 1. The van der Waals surface area contributed by atoms with Crippen LogP contribution < -0.4 is 5.32 Å². The molecule has 1 saturated heterocycles. The minimum absolute atomic E-state index is 0.0164. The number of aromatic amines is 1. The Bertz CT molecular complexity index is 1000. The molecule has 2 heterocycles. The molecular weight excluding hydrogens is 388 g/mol. The molecule has 0 bridgehead atoms. The Morgan fingerprint density at radius 3 is 2.58 bits per heavy atom. The lowest BCUT2D eigenvalue weighted by Crippen LogP contribution is -2.35. The molecule has 1 aliphatic heterocycles. The third kappa shape index (κ3) is 5.21. The van der Waals surface area contributed by atoms with Gasteiger partial charge in [0.1, 0.15) is 0 Å². The maximum atomic E-state index is 12.7. The molecule has 1 amide bonds. The number of amides is 1. The van der Waals surface area contributed by atoms with Crippen LogP contribution in [0, 0.1) is 6.92 Å². The number of rotatable bonds is 7. The summed E-state index contributed by atoms with van der Waals surface area (Å²) in [5.41, 5.74) is 4.66. The van der Waals surface area contributed by atoms with Crippen LogP contribution >= 0.6 is 0 Å². The molecule has 0 spiro atoms. The van der Waals surface area contributed by atoms with Crippen LogP contribution in [0.15, 0.2) is 60.7 Å². The number of benzene rings is 2. The third-order valence-corrected chi connectivity index (χ3v) is 5.99. The average Bonchev–Trinajstić information content (AvgIpc) is 3.42. The molecule has 1 aliphatic rings. The van der Waals surface area contributed by atoms with E-state index >= 15 is 0 Å². The molecule has 3 atom stereocenters. The number of aliphatic hydroxyl groups excluding tert-OH is 1. The predicted octanol–water partition coefficient (Wildman–Crippen LogP) is 3.39. The number of hydrogen-bond acceptors (Lipinski definition) is 4. The molecule has 0 saturated carbocycles. The topological polar surface area (TPSA) is 81.2 Å². The van der Waals surface area contributed by atoms with Gasteiger partial charge in [-0.1, -0.05) is 42.5 Å². The highest BCUT2D eigenvalue weighted by molar-refractivity contribution is 5.94. The van der Waals surface area contributed by atoms with Crippen LogP contribution in [-0.2, 0) is 13.0 Å². The second-order valence-electron chi connectivity index (χ2n) is 8.51. The smallest absolute Gasteiger partial charge is 0.253 e. The monoisotopic (exact) mass is 418 g/mol. The predicted molar refractivity (Wildman–Crippen MR) is 121 cm³/mol. The number of aryl methyl sites for hydroxylation is 1. The molecule has 0 aliphatic carbocycles. The van der Waals surface area contributed by atoms with Gasteiger partial charge in [0.2, 0.25) is 0 Å². The van der Waals surface area contributed by atoms with Gasteiger partial charge in [-0.05, 0) is 55.5 Å². The summed E-state index contributed by atoms with van der Waals surface area (Å²) in [5, 5.41) is 21.3. The quantitative estimate of drug-likeness (QED) is 0.549. The van der Waals surface area contributed by atoms with E-state index in [9.17, 15) is 9.90 Å². The Morgan fingerprint density at radius 1 is 1.16 bits per heavy atom. The molecular formula is C25H30N4O2. The molecule has 1 aromatic heterocycles. The van der Waals surface area contributed by atoms with Crippen LogP contribution in [0.25, 0.3) is 0 Å². The van der Waals surface area contributed by atoms with Gasteiger partial charge in [0.15, 0.2) is 0 Å². The summed E-state index contributed by atoms with van der Waals surface area (Å²) in [6, 6.07) is 20.0. The molecule has 162 valence electrons. The van der Waals surface area contributed by atoms with Crippen molar-refractivity contribution in [2.75, 3.05) is 7.05 Å². The Balaban J connectivity index is 1.31. The van der Waals surface area contributed by atoms with Crippen molar-refractivity contribution < 1.29 is 9.90 Å². The minimum atomic E-state index is -0.486. The van der Waals surface area contributed by atoms with Crippen molar-refractivity contribution in [3.63, 3.8) is 0 Å². The van der Waals surface area contributed by atoms with E-state index in [1.165, 1.54) is 5.56 Å². The van der Waals surface area contributed by atoms with Crippen molar-refractivity contribution in [3.05, 3.63) is 88.7 Å². The first kappa shape index (κ1) is 21.3. The summed E-state index contributed by atoms with van der Waals surface area (Å²) in [6.45, 7) is 2.42. The zero-order valence-corrected chi connectivity index (χ0v) is 18.1. The van der Waals surface area contributed by atoms with Crippen molar-refractivity contribution in [1.29, 1.82) is 0 Å². The van der Waals surface area contributed by atoms with Crippen molar-refractivity contribution in [1.82, 2.24) is 20.4 Å². The Hall–Kier alpha value is -2.96. The standard InChI is InChI=1S/C25H30N4O2/c1-17-14-22(28-27-17)16-29(2)25(31)20-10-8-18(9-11-20)15-21-12-13-23(26-21)24(30)19-6-4-3-5-7-19/h3-11,14,21,23-24,26,30H,12-13,15-16H2,1-2H3,(H,27,28)/t21-,23+,24?/m0/s1. The number of nitrogens with zero attached hydrogens (tertiary/aromatic N) is 2. The van der Waals surface area contributed by atoms with E-state index in [0.29, 0.717) is 18.2 Å². The van der Waals surface area contributed by atoms with Gasteiger partial charge < -0.3 is 15.3 Å². The highest BCUT2D eigenvalue weighted by atomic mass is 16.3. The van der Waals surface area contributed by atoms with Gasteiger partial charge in [-0.2, -0.15) is 5.10 Å². The summed E-state index contributed by atoms with van der Waals surface area (Å²) in [5.74, 6) is -0.0164. The number of aliphatic hydroxyl groups is 1. The Labute approximate surface area is 183 Å². The van der Waals surface area contributed by atoms with Gasteiger partial charge in [-0.25, -0.2) is 0 Å². The third-order valence-electron chi connectivity index (χ3n) is 5.99. The maximum Gasteiger partial charge on any atom is 0.253 e. The molecule has 31 heavy (non-hydrogen) atoms. The molecule has 3 aromatic rings. The van der Waals surface area contributed by atoms with E-state index in [1.807, 2.05) is 67.6 Å². The van der Waals surface area contributed by atoms with E-state index in [2.05, 4.69) is 15.5 Å². The minimum Gasteiger partial charge on any atom is -0.387 e. The summed E-state index contributed by atoms with van der Waals surface area (Å²) >= 11 is 0. The Morgan fingerprint density at radius 2 is 1.90 bits per heavy atom. The molecule has 1 unspecified atom stereocenters. The lowest BCUT2D eigenvalue weighted by Gasteiger charge is -2.20. The highest BCUT2D eigenvalue weighted by Gasteiger charge is 2.29. The first-order valence-electron chi connectivity index (χ1n) is 10.8. The first-order valence-corrected chi connectivity index (χ1v) is 10.8. The van der Waals surface area contributed by atoms with Gasteiger partial charge in [-0.15, -0.1) is 0 Å². The number of carbonyl (C=O) groups excluding carboxylic acids is 1. The summed E-state index contributed by atoms with van der Waals surface area (Å²) < 4.78 is 0. The van der Waals surface area contributed by atoms with Gasteiger partial charge >= 0.3 is 0 Å². The SMILES string of the molecule is Cc1cc(CN(C)C(=O)c2ccc(C[C@@H]3CC[C@H](C(O)c4ccccc4)N3)cc2)n[nH]1. The van der Waals surface area contributed by atoms with E-state index in [0.717, 1.165) is 36.2 Å². The van der Waals surface area contributed by atoms with Crippen molar-refractivity contribution in [2.45, 2.75) is 50.9 Å². The van der Waals surface area contributed by atoms with Gasteiger partial charge in [-0.3, -0.25) is 9.89 Å². The van der Waals surface area contributed by atoms with Gasteiger partial charge in [0.05, 0.1) is 18.3 Å². The fourth-order valence-electron chi connectivity index (χ4n) is 4.30. The largest absolute Gasteiger partial charge is 0.387 e. The number of aromatic nitrogens is 2. The van der Waals surface area contributed by atoms with Crippen molar-refractivity contribution in [2.24, 2.45) is 0 Å². The van der Waals surface area contributed by atoms with E-state index in [-0.39, 0.29) is 11.9 Å². The summed E-state index contributed by atoms with van der Waals surface area (Å²) in [4.78, 5) is 14.4. The lowest BCUT2D eigenvalue weighted by atomic mass is 10.0. The number of nitrogens with one attached hydrogen (secondary N) is 2. The zero-order valence-electron chi connectivity index (χ0n) is 18.1. The fraction of sp³-hybridized carbons (Fsp3) is 0.360. The van der Waals surface area contributed by atoms with Crippen LogP contribution in [0.4, 0.5) is 0 Å². The first-order chi connectivity index (χ1) is 15.0. The van der Waals surface area contributed by atoms with Crippen molar-refractivity contribution >= 4 is 5.91 Å². The van der Waals surface area contributed by atoms with E-state index in [1.54, 1.807) is 11.9 Å². The molecule has 2 aromatic carbocycles. The van der Waals surface area contributed by atoms with Gasteiger partial charge in [0.25, 0.3) is 5.91 Å². The van der Waals surface area contributed by atoms with Crippen LogP contribution in [0.1, 0.15) is 51.8 Å². The number of hydrogen-bond donors (Lipinski definition) is 3. The van der Waals surface area contributed by atoms with Crippen LogP contribution in [0.2, 0.25) is 0 Å². The van der Waals surface area contributed by atoms with E-state index in [4.69, 9.17) is 0 Å². The summed E-state index contributed by atoms with van der Waals surface area (Å²) in [6.07, 6.45) is 2.38. The second-order valence-corrected chi connectivity index (χ2v) is 8.51. The maximum absolute atomic E-state index is 12.7. The number of H-pyrrole nitrogens is 1.